The summed E-state index contributed by atoms with van der Waals surface area (Å²) in [5.74, 6) is 0. The van der Waals surface area contributed by atoms with Crippen LogP contribution in [0.1, 0.15) is 30.3 Å². The topological polar surface area (TPSA) is 12.9 Å². The van der Waals surface area contributed by atoms with Crippen LogP contribution >= 0.6 is 31.9 Å². The predicted octanol–water partition coefficient (Wildman–Crippen LogP) is 4.00. The van der Waals surface area contributed by atoms with E-state index in [0.717, 1.165) is 27.6 Å². The van der Waals surface area contributed by atoms with Gasteiger partial charge in [-0.3, -0.25) is 4.98 Å². The van der Waals surface area contributed by atoms with Crippen molar-refractivity contribution in [1.82, 2.24) is 4.98 Å². The molecule has 0 saturated carbocycles. The van der Waals surface area contributed by atoms with Crippen molar-refractivity contribution in [2.75, 3.05) is 0 Å². The molecule has 0 amide bonds. The molecule has 13 heavy (non-hydrogen) atoms. The van der Waals surface area contributed by atoms with Crippen LogP contribution in [0, 0.1) is 6.92 Å². The Labute approximate surface area is 96.2 Å². The van der Waals surface area contributed by atoms with Crippen LogP contribution in [0.5, 0.6) is 0 Å². The second kappa shape index (κ2) is 5.11. The first-order chi connectivity index (χ1) is 6.19. The molecule has 0 aliphatic carbocycles. The van der Waals surface area contributed by atoms with E-state index in [9.17, 15) is 0 Å². The molecule has 0 bridgehead atoms. The Morgan fingerprint density at radius 1 is 1.46 bits per heavy atom. The minimum Gasteiger partial charge on any atom is -0.256 e. The number of pyridine rings is 1. The van der Waals surface area contributed by atoms with E-state index in [4.69, 9.17) is 0 Å². The zero-order valence-electron chi connectivity index (χ0n) is 7.90. The number of hydrogen-bond acceptors (Lipinski definition) is 1. The van der Waals surface area contributed by atoms with E-state index in [1.54, 1.807) is 0 Å². The molecular formula is C10H13Br2N. The van der Waals surface area contributed by atoms with Gasteiger partial charge in [0.15, 0.2) is 0 Å². The fraction of sp³-hybridized carbons (Fsp3) is 0.500. The predicted molar refractivity (Wildman–Crippen MR) is 63.3 cm³/mol. The number of aryl methyl sites for hydroxylation is 2. The van der Waals surface area contributed by atoms with E-state index in [2.05, 4.69) is 56.8 Å². The number of nitrogens with zero attached hydrogens (tertiary/aromatic N) is 1. The average Bonchev–Trinajstić information content (AvgIpc) is 2.11. The lowest BCUT2D eigenvalue weighted by Crippen LogP contribution is -1.97. The van der Waals surface area contributed by atoms with Crippen LogP contribution in [0.15, 0.2) is 10.5 Å². The lowest BCUT2D eigenvalue weighted by atomic mass is 10.1. The van der Waals surface area contributed by atoms with E-state index in [1.165, 1.54) is 12.0 Å². The minimum absolute atomic E-state index is 0.806. The molecule has 1 heterocycles. The van der Waals surface area contributed by atoms with E-state index in [-0.39, 0.29) is 0 Å². The Bertz CT molecular complexity index is 297. The van der Waals surface area contributed by atoms with Crippen LogP contribution in [0.4, 0.5) is 0 Å². The van der Waals surface area contributed by atoms with Gasteiger partial charge in [0.25, 0.3) is 0 Å². The summed E-state index contributed by atoms with van der Waals surface area (Å²) in [7, 11) is 0. The van der Waals surface area contributed by atoms with Gasteiger partial charge < -0.3 is 0 Å². The van der Waals surface area contributed by atoms with Crippen LogP contribution in [-0.2, 0) is 11.8 Å². The van der Waals surface area contributed by atoms with E-state index in [0.29, 0.717) is 0 Å². The molecule has 1 aromatic rings. The van der Waals surface area contributed by atoms with E-state index >= 15 is 0 Å². The van der Waals surface area contributed by atoms with Crippen LogP contribution in [-0.4, -0.2) is 4.98 Å². The summed E-state index contributed by atoms with van der Waals surface area (Å²) >= 11 is 6.93. The number of alkyl halides is 1. The first-order valence-corrected chi connectivity index (χ1v) is 6.31. The highest BCUT2D eigenvalue weighted by Gasteiger charge is 2.05. The third-order valence-corrected chi connectivity index (χ3v) is 3.21. The highest BCUT2D eigenvalue weighted by atomic mass is 79.9. The highest BCUT2D eigenvalue weighted by molar-refractivity contribution is 9.10. The molecule has 0 radical (unpaired) electrons. The summed E-state index contributed by atoms with van der Waals surface area (Å²) < 4.78 is 1.11. The summed E-state index contributed by atoms with van der Waals surface area (Å²) in [6.45, 7) is 4.26. The molecule has 0 atom stereocenters. The van der Waals surface area contributed by atoms with Crippen molar-refractivity contribution >= 4 is 31.9 Å². The standard InChI is InChI=1S/C10H13Br2N/c1-3-4-8-5-9(12)10(6-11)13-7(8)2/h5H,3-4,6H2,1-2H3. The maximum atomic E-state index is 4.52. The van der Waals surface area contributed by atoms with Gasteiger partial charge in [-0.1, -0.05) is 29.3 Å². The van der Waals surface area contributed by atoms with Crippen molar-refractivity contribution in [3.63, 3.8) is 0 Å². The first kappa shape index (κ1) is 11.2. The molecule has 0 aromatic carbocycles. The molecule has 0 spiro atoms. The lowest BCUT2D eigenvalue weighted by molar-refractivity contribution is 0.890. The Balaban J connectivity index is 3.05. The molecule has 0 aliphatic heterocycles. The van der Waals surface area contributed by atoms with Gasteiger partial charge in [0.05, 0.1) is 5.69 Å². The third kappa shape index (κ3) is 2.78. The van der Waals surface area contributed by atoms with Gasteiger partial charge in [0.1, 0.15) is 0 Å². The second-order valence-electron chi connectivity index (χ2n) is 3.05. The van der Waals surface area contributed by atoms with Crippen molar-refractivity contribution < 1.29 is 0 Å². The van der Waals surface area contributed by atoms with E-state index in [1.807, 2.05) is 0 Å². The Kier molecular flexibility index (Phi) is 4.39. The van der Waals surface area contributed by atoms with Gasteiger partial charge in [-0.15, -0.1) is 0 Å². The van der Waals surface area contributed by atoms with Crippen LogP contribution in [0.25, 0.3) is 0 Å². The molecule has 3 heteroatoms. The van der Waals surface area contributed by atoms with Gasteiger partial charge >= 0.3 is 0 Å². The SMILES string of the molecule is CCCc1cc(Br)c(CBr)nc1C. The largest absolute Gasteiger partial charge is 0.256 e. The van der Waals surface area contributed by atoms with Crippen LogP contribution < -0.4 is 0 Å². The normalized spacial score (nSPS) is 10.5. The van der Waals surface area contributed by atoms with Gasteiger partial charge in [0.2, 0.25) is 0 Å². The van der Waals surface area contributed by atoms with Crippen molar-refractivity contribution in [3.8, 4) is 0 Å². The molecule has 0 aliphatic rings. The molecule has 0 unspecified atom stereocenters. The zero-order valence-corrected chi connectivity index (χ0v) is 11.1. The van der Waals surface area contributed by atoms with Crippen molar-refractivity contribution in [2.45, 2.75) is 32.0 Å². The van der Waals surface area contributed by atoms with Gasteiger partial charge in [-0.05, 0) is 40.9 Å². The minimum atomic E-state index is 0.806. The summed E-state index contributed by atoms with van der Waals surface area (Å²) in [5, 5.41) is 0.806. The number of hydrogen-bond donors (Lipinski definition) is 0. The van der Waals surface area contributed by atoms with Crippen molar-refractivity contribution in [2.24, 2.45) is 0 Å². The van der Waals surface area contributed by atoms with Gasteiger partial charge in [0, 0.05) is 15.5 Å². The van der Waals surface area contributed by atoms with Gasteiger partial charge in [-0.25, -0.2) is 0 Å². The Morgan fingerprint density at radius 3 is 2.69 bits per heavy atom. The Morgan fingerprint density at radius 2 is 2.15 bits per heavy atom. The fourth-order valence-corrected chi connectivity index (χ4v) is 2.59. The summed E-state index contributed by atoms with van der Waals surface area (Å²) in [5.41, 5.74) is 3.58. The number of rotatable bonds is 3. The first-order valence-electron chi connectivity index (χ1n) is 4.40. The van der Waals surface area contributed by atoms with Crippen molar-refractivity contribution in [3.05, 3.63) is 27.5 Å². The molecule has 1 rings (SSSR count). The van der Waals surface area contributed by atoms with Crippen LogP contribution in [0.3, 0.4) is 0 Å². The number of halogens is 2. The molecule has 0 N–H and O–H groups in total. The zero-order chi connectivity index (χ0) is 9.84. The second-order valence-corrected chi connectivity index (χ2v) is 4.46. The molecule has 1 nitrogen and oxygen atoms in total. The van der Waals surface area contributed by atoms with Gasteiger partial charge in [-0.2, -0.15) is 0 Å². The van der Waals surface area contributed by atoms with E-state index < -0.39 is 0 Å². The quantitative estimate of drug-likeness (QED) is 0.769. The monoisotopic (exact) mass is 305 g/mol. The summed E-state index contributed by atoms with van der Waals surface area (Å²) in [4.78, 5) is 4.52. The maximum Gasteiger partial charge on any atom is 0.0654 e. The average molecular weight is 307 g/mol. The number of aromatic nitrogens is 1. The molecule has 0 fully saturated rings. The van der Waals surface area contributed by atoms with Crippen molar-refractivity contribution in [1.29, 1.82) is 0 Å². The summed E-state index contributed by atoms with van der Waals surface area (Å²) in [6, 6.07) is 2.18. The molecular weight excluding hydrogens is 294 g/mol. The molecule has 0 saturated heterocycles. The molecule has 72 valence electrons. The third-order valence-electron chi connectivity index (χ3n) is 1.99. The summed E-state index contributed by atoms with van der Waals surface area (Å²) in [6.07, 6.45) is 2.28. The molecule has 1 aromatic heterocycles. The Hall–Kier alpha value is 0.110. The smallest absolute Gasteiger partial charge is 0.0654 e. The fourth-order valence-electron chi connectivity index (χ4n) is 1.28. The lowest BCUT2D eigenvalue weighted by Gasteiger charge is -2.07. The van der Waals surface area contributed by atoms with Crippen LogP contribution in [0.2, 0.25) is 0 Å². The highest BCUT2D eigenvalue weighted by Crippen LogP contribution is 2.21. The maximum absolute atomic E-state index is 4.52.